The van der Waals surface area contributed by atoms with Crippen molar-refractivity contribution in [2.75, 3.05) is 6.61 Å². The summed E-state index contributed by atoms with van der Waals surface area (Å²) in [6.07, 6.45) is 14.6. The molecule has 0 radical (unpaired) electrons. The van der Waals surface area contributed by atoms with Crippen molar-refractivity contribution in [2.24, 2.45) is 0 Å². The lowest BCUT2D eigenvalue weighted by atomic mass is 9.85. The van der Waals surface area contributed by atoms with Crippen LogP contribution in [0.2, 0.25) is 0 Å². The molecule has 8 atom stereocenters. The zero-order chi connectivity index (χ0) is 40.2. The minimum atomic E-state index is -5.10. The summed E-state index contributed by atoms with van der Waals surface area (Å²) in [5.74, 6) is -0.560. The average molecular weight is 798 g/mol. The first-order valence-electron chi connectivity index (χ1n) is 21.6. The molecule has 322 valence electrons. The van der Waals surface area contributed by atoms with Gasteiger partial charge in [-0.25, -0.2) is 4.57 Å². The first-order chi connectivity index (χ1) is 25.8. The quantitative estimate of drug-likeness (QED) is 0.0263. The Bertz CT molecular complexity index is 948. The number of rotatable bonds is 35. The summed E-state index contributed by atoms with van der Waals surface area (Å²) >= 11 is 0. The third-order valence-electron chi connectivity index (χ3n) is 10.7. The summed E-state index contributed by atoms with van der Waals surface area (Å²) in [5, 5.41) is 74.3. The van der Waals surface area contributed by atoms with Gasteiger partial charge in [0.1, 0.15) is 36.6 Å². The number of carbonyl (C=O) groups excluding carboxylic acids is 1. The largest absolute Gasteiger partial charge is 0.472 e. The summed E-state index contributed by atoms with van der Waals surface area (Å²) in [7, 11) is -5.10. The van der Waals surface area contributed by atoms with Gasteiger partial charge < -0.3 is 46.0 Å². The number of nitrogens with one attached hydrogen (secondary N) is 1. The molecule has 8 unspecified atom stereocenters. The number of unbranched alkanes of at least 4 members (excludes halogenated alkanes) is 22. The van der Waals surface area contributed by atoms with E-state index in [4.69, 9.17) is 9.05 Å². The first kappa shape index (κ1) is 51.3. The number of phosphoric acid groups is 1. The molecule has 0 saturated heterocycles. The molecule has 1 aliphatic rings. The minimum absolute atomic E-state index is 0.217. The molecule has 13 nitrogen and oxygen atoms in total. The lowest BCUT2D eigenvalue weighted by molar-refractivity contribution is -0.220. The van der Waals surface area contributed by atoms with Crippen molar-refractivity contribution in [1.82, 2.24) is 5.32 Å². The van der Waals surface area contributed by atoms with Crippen LogP contribution in [-0.2, 0) is 18.4 Å². The predicted octanol–water partition coefficient (Wildman–Crippen LogP) is 6.09. The predicted molar refractivity (Wildman–Crippen MR) is 211 cm³/mol. The van der Waals surface area contributed by atoms with Gasteiger partial charge in [0.15, 0.2) is 0 Å². The molecule has 1 rings (SSSR count). The van der Waals surface area contributed by atoms with E-state index in [0.717, 1.165) is 51.4 Å². The summed E-state index contributed by atoms with van der Waals surface area (Å²) < 4.78 is 22.8. The molecule has 1 aliphatic carbocycles. The van der Waals surface area contributed by atoms with Crippen LogP contribution in [0.25, 0.3) is 0 Å². The van der Waals surface area contributed by atoms with E-state index >= 15 is 0 Å². The van der Waals surface area contributed by atoms with E-state index in [0.29, 0.717) is 12.8 Å². The van der Waals surface area contributed by atoms with E-state index in [2.05, 4.69) is 19.2 Å². The van der Waals surface area contributed by atoms with Gasteiger partial charge in [-0.3, -0.25) is 13.8 Å². The highest BCUT2D eigenvalue weighted by Crippen LogP contribution is 2.47. The van der Waals surface area contributed by atoms with Gasteiger partial charge in [-0.1, -0.05) is 168 Å². The molecule has 14 heteroatoms. The van der Waals surface area contributed by atoms with Crippen LogP contribution in [0.15, 0.2) is 0 Å². The molecular weight excluding hydrogens is 717 g/mol. The molecule has 0 spiro atoms. The summed E-state index contributed by atoms with van der Waals surface area (Å²) in [4.78, 5) is 23.3. The number of hydrogen-bond acceptors (Lipinski definition) is 11. The van der Waals surface area contributed by atoms with Crippen molar-refractivity contribution >= 4 is 13.7 Å². The fourth-order valence-corrected chi connectivity index (χ4v) is 8.09. The Morgan fingerprint density at radius 1 is 0.574 bits per heavy atom. The number of aliphatic hydroxyl groups is 7. The monoisotopic (exact) mass is 798 g/mol. The van der Waals surface area contributed by atoms with Crippen molar-refractivity contribution in [1.29, 1.82) is 0 Å². The van der Waals surface area contributed by atoms with Crippen molar-refractivity contribution in [3.05, 3.63) is 0 Å². The molecule has 9 N–H and O–H groups in total. The van der Waals surface area contributed by atoms with Crippen LogP contribution in [0.5, 0.6) is 0 Å². The van der Waals surface area contributed by atoms with Crippen LogP contribution < -0.4 is 5.32 Å². The molecule has 0 bridgehead atoms. The van der Waals surface area contributed by atoms with Gasteiger partial charge in [0.25, 0.3) is 0 Å². The lowest BCUT2D eigenvalue weighted by Crippen LogP contribution is -2.64. The Balaban J connectivity index is 2.51. The maximum atomic E-state index is 12.9. The molecule has 1 saturated carbocycles. The molecule has 54 heavy (non-hydrogen) atoms. The van der Waals surface area contributed by atoms with Crippen LogP contribution in [0.3, 0.4) is 0 Å². The van der Waals surface area contributed by atoms with E-state index in [1.165, 1.54) is 96.3 Å². The lowest BCUT2D eigenvalue weighted by Gasteiger charge is -2.41. The fourth-order valence-electron chi connectivity index (χ4n) is 7.13. The van der Waals surface area contributed by atoms with Crippen LogP contribution >= 0.6 is 7.82 Å². The Kier molecular flexibility index (Phi) is 29.8. The Morgan fingerprint density at radius 3 is 1.33 bits per heavy atom. The highest BCUT2D eigenvalue weighted by atomic mass is 31.2. The van der Waals surface area contributed by atoms with Gasteiger partial charge in [0.05, 0.1) is 31.3 Å². The van der Waals surface area contributed by atoms with Crippen LogP contribution in [0, 0.1) is 0 Å². The maximum absolute atomic E-state index is 12.9. The van der Waals surface area contributed by atoms with E-state index in [9.17, 15) is 50.0 Å². The number of amides is 1. The number of aliphatic hydroxyl groups excluding tert-OH is 7. The second-order valence-corrected chi connectivity index (χ2v) is 17.1. The van der Waals surface area contributed by atoms with Gasteiger partial charge in [-0.05, 0) is 12.8 Å². The summed E-state index contributed by atoms with van der Waals surface area (Å²) in [5.41, 5.74) is 0. The number of carbonyl (C=O) groups is 1. The van der Waals surface area contributed by atoms with E-state index < -0.39 is 75.2 Å². The van der Waals surface area contributed by atoms with Gasteiger partial charge in [-0.2, -0.15) is 0 Å². The molecule has 0 heterocycles. The highest BCUT2D eigenvalue weighted by molar-refractivity contribution is 7.47. The minimum Gasteiger partial charge on any atom is -0.393 e. The van der Waals surface area contributed by atoms with Gasteiger partial charge >= 0.3 is 7.82 Å². The third kappa shape index (κ3) is 23.5. The van der Waals surface area contributed by atoms with Crippen LogP contribution in [-0.4, -0.2) is 108 Å². The average Bonchev–Trinajstić information content (AvgIpc) is 3.14. The molecule has 0 aromatic rings. The maximum Gasteiger partial charge on any atom is 0.472 e. The smallest absolute Gasteiger partial charge is 0.393 e. The highest BCUT2D eigenvalue weighted by Gasteiger charge is 2.51. The van der Waals surface area contributed by atoms with Crippen molar-refractivity contribution in [2.45, 2.75) is 242 Å². The van der Waals surface area contributed by atoms with Gasteiger partial charge in [0, 0.05) is 0 Å². The normalized spacial score (nSPS) is 24.6. The van der Waals surface area contributed by atoms with Gasteiger partial charge in [0.2, 0.25) is 5.91 Å². The fraction of sp³-hybridized carbons (Fsp3) is 0.975. The van der Waals surface area contributed by atoms with Crippen molar-refractivity contribution < 1.29 is 59.0 Å². The molecule has 0 aromatic heterocycles. The Labute approximate surface area is 326 Å². The van der Waals surface area contributed by atoms with E-state index in [-0.39, 0.29) is 12.8 Å². The standard InChI is InChI=1S/C40H80NO12P/c1-3-5-7-9-11-13-14-15-16-17-18-20-21-23-25-27-31(42)29-34(44)41-32(33(43)28-26-24-22-19-12-10-8-6-4-2)30-52-54(50,51)53-40-38(48)36(46)35(45)37(47)39(40)49/h31-33,35-40,42-43,45-49H,3-30H2,1-2H3,(H,41,44)(H,50,51). The zero-order valence-corrected chi connectivity index (χ0v) is 34.5. The van der Waals surface area contributed by atoms with Gasteiger partial charge in [-0.15, -0.1) is 0 Å². The SMILES string of the molecule is CCCCCCCCCCCCCCCCCC(O)CC(=O)NC(COP(=O)(O)OC1C(O)C(O)C(O)C(O)C1O)C(O)CCCCCCCCCCC. The molecule has 1 fully saturated rings. The van der Waals surface area contributed by atoms with E-state index in [1.807, 2.05) is 0 Å². The second kappa shape index (κ2) is 31.3. The second-order valence-electron chi connectivity index (χ2n) is 15.7. The summed E-state index contributed by atoms with van der Waals surface area (Å²) in [6.45, 7) is 3.74. The van der Waals surface area contributed by atoms with Crippen molar-refractivity contribution in [3.63, 3.8) is 0 Å². The molecular formula is C40H80NO12P. The van der Waals surface area contributed by atoms with Crippen molar-refractivity contribution in [3.8, 4) is 0 Å². The Morgan fingerprint density at radius 2 is 0.926 bits per heavy atom. The Hall–Kier alpha value is -0.700. The third-order valence-corrected chi connectivity index (χ3v) is 11.7. The first-order valence-corrected chi connectivity index (χ1v) is 23.1. The van der Waals surface area contributed by atoms with Crippen LogP contribution in [0.4, 0.5) is 0 Å². The molecule has 1 amide bonds. The van der Waals surface area contributed by atoms with E-state index in [1.54, 1.807) is 0 Å². The molecule has 0 aliphatic heterocycles. The summed E-state index contributed by atoms with van der Waals surface area (Å²) in [6, 6.07) is -1.15. The topological polar surface area (TPSA) is 226 Å². The number of hydrogen-bond donors (Lipinski definition) is 9. The molecule has 0 aromatic carbocycles. The van der Waals surface area contributed by atoms with Crippen LogP contribution in [0.1, 0.15) is 187 Å². The zero-order valence-electron chi connectivity index (χ0n) is 33.7. The number of phosphoric ester groups is 1.